The van der Waals surface area contributed by atoms with E-state index < -0.39 is 7.60 Å². The number of hydrogen-bond acceptors (Lipinski definition) is 7. The van der Waals surface area contributed by atoms with Gasteiger partial charge in [-0.2, -0.15) is 0 Å². The maximum atomic E-state index is 12.5. The maximum Gasteiger partial charge on any atom is 0.337 e. The fourth-order valence-electron chi connectivity index (χ4n) is 2.46. The third-order valence-corrected chi connectivity index (χ3v) is 6.60. The van der Waals surface area contributed by atoms with Crippen LogP contribution in [0.2, 0.25) is 0 Å². The number of aryl methyl sites for hydroxylation is 1. The Morgan fingerprint density at radius 3 is 2.62 bits per heavy atom. The van der Waals surface area contributed by atoms with Crippen LogP contribution in [0.5, 0.6) is 5.75 Å². The van der Waals surface area contributed by atoms with E-state index in [0.29, 0.717) is 27.4 Å². The highest BCUT2D eigenvalue weighted by molar-refractivity contribution is 7.55. The summed E-state index contributed by atoms with van der Waals surface area (Å²) in [4.78, 5) is 12.9. The lowest BCUT2D eigenvalue weighted by Gasteiger charge is -2.11. The molecule has 0 saturated heterocycles. The zero-order valence-electron chi connectivity index (χ0n) is 14.7. The van der Waals surface area contributed by atoms with Crippen molar-refractivity contribution in [3.8, 4) is 5.75 Å². The molecule has 0 saturated carbocycles. The number of methoxy groups -OCH3 is 1. The molecule has 0 atom stereocenters. The third-order valence-electron chi connectivity index (χ3n) is 3.69. The number of Topliss-reactive ketones (excluding diaryl/α,β-unsaturated/α-hetero) is 1. The van der Waals surface area contributed by atoms with Crippen molar-refractivity contribution in [1.29, 1.82) is 0 Å². The molecule has 0 fully saturated rings. The SMILES string of the molecule is [2H]c1c(C)oc2c(OC)cc3sc(C(=O)CP(=O)(OC)OC)cc3c12. The number of benzene rings is 1. The van der Waals surface area contributed by atoms with Crippen molar-refractivity contribution >= 4 is 45.8 Å². The molecule has 0 N–H and O–H groups in total. The predicted molar refractivity (Wildman–Crippen MR) is 93.7 cm³/mol. The Balaban J connectivity index is 2.16. The van der Waals surface area contributed by atoms with Gasteiger partial charge in [0, 0.05) is 35.8 Å². The molecule has 8 heteroatoms. The monoisotopic (exact) mass is 369 g/mol. The van der Waals surface area contributed by atoms with Crippen LogP contribution in [0.4, 0.5) is 0 Å². The molecule has 1 aromatic carbocycles. The van der Waals surface area contributed by atoms with Crippen LogP contribution in [-0.4, -0.2) is 33.3 Å². The van der Waals surface area contributed by atoms with E-state index in [1.807, 2.05) is 0 Å². The van der Waals surface area contributed by atoms with Gasteiger partial charge in [-0.3, -0.25) is 9.36 Å². The number of ketones is 1. The topological polar surface area (TPSA) is 75.0 Å². The van der Waals surface area contributed by atoms with Gasteiger partial charge in [0.05, 0.1) is 13.4 Å². The summed E-state index contributed by atoms with van der Waals surface area (Å²) in [6.45, 7) is 1.71. The van der Waals surface area contributed by atoms with E-state index in [4.69, 9.17) is 19.6 Å². The molecule has 3 rings (SSSR count). The molecule has 0 spiro atoms. The Morgan fingerprint density at radius 2 is 2.00 bits per heavy atom. The lowest BCUT2D eigenvalue weighted by atomic mass is 10.1. The van der Waals surface area contributed by atoms with Gasteiger partial charge >= 0.3 is 7.60 Å². The van der Waals surface area contributed by atoms with Crippen LogP contribution >= 0.6 is 18.9 Å². The standard InChI is InChI=1S/C16H17O6PS/c1-9-5-11-10-6-15(12(17)8-23(18,20-3)21-4)24-14(10)7-13(19-2)16(11)22-9/h5-7H,8H2,1-4H3/i5D. The quantitative estimate of drug-likeness (QED) is 0.466. The largest absolute Gasteiger partial charge is 0.493 e. The summed E-state index contributed by atoms with van der Waals surface area (Å²) in [6.07, 6.45) is -0.342. The first-order valence-electron chi connectivity index (χ1n) is 7.57. The molecule has 0 aliphatic heterocycles. The first-order valence-corrected chi connectivity index (χ1v) is 9.62. The smallest absolute Gasteiger partial charge is 0.337 e. The van der Waals surface area contributed by atoms with Gasteiger partial charge in [-0.15, -0.1) is 11.3 Å². The lowest BCUT2D eigenvalue weighted by Crippen LogP contribution is -2.06. The second-order valence-electron chi connectivity index (χ2n) is 5.15. The second-order valence-corrected chi connectivity index (χ2v) is 8.50. The maximum absolute atomic E-state index is 12.5. The number of thiophene rings is 1. The van der Waals surface area contributed by atoms with Crippen LogP contribution in [0, 0.1) is 6.92 Å². The van der Waals surface area contributed by atoms with Gasteiger partial charge in [-0.1, -0.05) is 0 Å². The highest BCUT2D eigenvalue weighted by Crippen LogP contribution is 2.47. The van der Waals surface area contributed by atoms with E-state index >= 15 is 0 Å². The summed E-state index contributed by atoms with van der Waals surface area (Å²) in [5.74, 6) is 0.639. The van der Waals surface area contributed by atoms with Gasteiger partial charge in [0.1, 0.15) is 11.9 Å². The van der Waals surface area contributed by atoms with Crippen molar-refractivity contribution in [2.75, 3.05) is 27.5 Å². The van der Waals surface area contributed by atoms with E-state index in [1.54, 1.807) is 19.1 Å². The van der Waals surface area contributed by atoms with E-state index in [2.05, 4.69) is 0 Å². The minimum Gasteiger partial charge on any atom is -0.493 e. The fourth-order valence-corrected chi connectivity index (χ4v) is 4.54. The van der Waals surface area contributed by atoms with Gasteiger partial charge in [0.2, 0.25) is 0 Å². The van der Waals surface area contributed by atoms with E-state index in [1.165, 1.54) is 32.7 Å². The minimum atomic E-state index is -3.44. The number of rotatable bonds is 6. The summed E-state index contributed by atoms with van der Waals surface area (Å²) >= 11 is 1.24. The first-order chi connectivity index (χ1) is 11.8. The molecule has 2 aromatic heterocycles. The molecular weight excluding hydrogens is 351 g/mol. The van der Waals surface area contributed by atoms with Crippen molar-refractivity contribution < 1.29 is 28.9 Å². The Kier molecular flexibility index (Phi) is 4.18. The lowest BCUT2D eigenvalue weighted by molar-refractivity contribution is 0.101. The average Bonchev–Trinajstić information content (AvgIpc) is 3.15. The molecule has 0 radical (unpaired) electrons. The molecule has 6 nitrogen and oxygen atoms in total. The van der Waals surface area contributed by atoms with Crippen LogP contribution in [-0.2, 0) is 13.6 Å². The fraction of sp³-hybridized carbons (Fsp3) is 0.312. The molecule has 128 valence electrons. The van der Waals surface area contributed by atoms with Crippen LogP contribution in [0.25, 0.3) is 21.1 Å². The highest BCUT2D eigenvalue weighted by atomic mass is 32.1. The van der Waals surface area contributed by atoms with Crippen LogP contribution in [0.1, 0.15) is 16.8 Å². The van der Waals surface area contributed by atoms with Gasteiger partial charge < -0.3 is 18.2 Å². The third kappa shape index (κ3) is 2.89. The number of hydrogen-bond donors (Lipinski definition) is 0. The van der Waals surface area contributed by atoms with Gasteiger partial charge in [0.15, 0.2) is 17.1 Å². The number of carbonyl (C=O) groups excluding carboxylic acids is 1. The highest BCUT2D eigenvalue weighted by Gasteiger charge is 2.27. The summed E-state index contributed by atoms with van der Waals surface area (Å²) in [5, 5.41) is 1.33. The molecule has 0 bridgehead atoms. The Bertz CT molecular complexity index is 1010. The predicted octanol–water partition coefficient (Wildman–Crippen LogP) is 4.63. The molecule has 0 amide bonds. The van der Waals surface area contributed by atoms with Crippen LogP contribution in [0.15, 0.2) is 22.6 Å². The van der Waals surface area contributed by atoms with Crippen LogP contribution < -0.4 is 4.74 Å². The average molecular weight is 369 g/mol. The number of furan rings is 1. The van der Waals surface area contributed by atoms with E-state index in [-0.39, 0.29) is 18.0 Å². The van der Waals surface area contributed by atoms with Crippen molar-refractivity contribution in [2.45, 2.75) is 6.92 Å². The van der Waals surface area contributed by atoms with Crippen molar-refractivity contribution in [2.24, 2.45) is 0 Å². The number of carbonyl (C=O) groups is 1. The molecular formula is C16H17O6PS. The summed E-state index contributed by atoms with van der Waals surface area (Å²) < 4.78 is 41.9. The Labute approximate surface area is 144 Å². The molecule has 0 aliphatic carbocycles. The van der Waals surface area contributed by atoms with Crippen molar-refractivity contribution in [1.82, 2.24) is 0 Å². The Morgan fingerprint density at radius 1 is 1.29 bits per heavy atom. The normalized spacial score (nSPS) is 12.8. The summed E-state index contributed by atoms with van der Waals surface area (Å²) in [7, 11) is 0.580. The Hall–Kier alpha value is -1.66. The molecule has 3 aromatic rings. The molecule has 0 aliphatic rings. The molecule has 24 heavy (non-hydrogen) atoms. The van der Waals surface area contributed by atoms with E-state index in [0.717, 1.165) is 10.1 Å². The summed E-state index contributed by atoms with van der Waals surface area (Å²) in [6, 6.07) is 3.72. The van der Waals surface area contributed by atoms with Crippen molar-refractivity contribution in [3.63, 3.8) is 0 Å². The second kappa shape index (κ2) is 6.33. The van der Waals surface area contributed by atoms with Gasteiger partial charge in [0.25, 0.3) is 0 Å². The van der Waals surface area contributed by atoms with E-state index in [9.17, 15) is 9.36 Å². The van der Waals surface area contributed by atoms with Crippen LogP contribution in [0.3, 0.4) is 0 Å². The first kappa shape index (κ1) is 15.8. The molecule has 0 unspecified atom stereocenters. The molecule has 2 heterocycles. The summed E-state index contributed by atoms with van der Waals surface area (Å²) in [5.41, 5.74) is 0.480. The van der Waals surface area contributed by atoms with Crippen molar-refractivity contribution in [3.05, 3.63) is 28.8 Å². The minimum absolute atomic E-state index is 0.259. The van der Waals surface area contributed by atoms with Gasteiger partial charge in [-0.25, -0.2) is 0 Å². The number of fused-ring (bicyclic) bond motifs is 3. The van der Waals surface area contributed by atoms with Gasteiger partial charge in [-0.05, 0) is 19.0 Å². The zero-order valence-corrected chi connectivity index (χ0v) is 15.4. The zero-order chi connectivity index (χ0) is 18.4. The number of ether oxygens (including phenoxy) is 1.